The van der Waals surface area contributed by atoms with Gasteiger partial charge in [-0.05, 0) is 110 Å². The number of nitrogens with zero attached hydrogens (tertiary/aromatic N) is 2. The number of primary amides is 1. The molecule has 0 bridgehead atoms. The number of aliphatic hydroxyl groups is 7. The number of phenols is 1. The molecule has 1 aromatic carbocycles. The highest BCUT2D eigenvalue weighted by molar-refractivity contribution is 6.00. The number of nitrogens with one attached hydrogen (secondary N) is 11. The van der Waals surface area contributed by atoms with E-state index < -0.39 is 255 Å². The number of cyclic esters (lactones) is 1. The Hall–Kier alpha value is -9.00. The van der Waals surface area contributed by atoms with E-state index in [-0.39, 0.29) is 69.8 Å². The number of ether oxygens (including phenoxy) is 1. The molecule has 0 saturated carbocycles. The van der Waals surface area contributed by atoms with Crippen LogP contribution in [0.1, 0.15) is 189 Å². The number of carbonyl (C=O) groups is 15. The normalized spacial score (nSPS) is 27.0. The molecular formula is C76H127ClN16O24. The molecule has 0 spiro atoms. The van der Waals surface area contributed by atoms with Gasteiger partial charge in [0, 0.05) is 32.5 Å². The Morgan fingerprint density at radius 1 is 0.573 bits per heavy atom. The summed E-state index contributed by atoms with van der Waals surface area (Å²) in [6.45, 7) is 8.67. The van der Waals surface area contributed by atoms with Crippen molar-refractivity contribution < 1.29 is 118 Å². The van der Waals surface area contributed by atoms with Crippen LogP contribution >= 0.6 is 12.4 Å². The predicted octanol–water partition coefficient (Wildman–Crippen LogP) is -5.83. The summed E-state index contributed by atoms with van der Waals surface area (Å²) in [5.41, 5.74) is 17.4. The molecule has 4 rings (SSSR count). The fourth-order valence-corrected chi connectivity index (χ4v) is 13.6. The van der Waals surface area contributed by atoms with Crippen LogP contribution in [0.4, 0.5) is 0 Å². The Bertz CT molecular complexity index is 3450. The lowest BCUT2D eigenvalue weighted by Crippen LogP contribution is -2.64. The summed E-state index contributed by atoms with van der Waals surface area (Å²) in [4.78, 5) is 213. The van der Waals surface area contributed by atoms with Crippen LogP contribution in [0.2, 0.25) is 0 Å². The molecule has 0 aromatic heterocycles. The largest absolute Gasteiger partial charge is 0.508 e. The van der Waals surface area contributed by atoms with Crippen molar-refractivity contribution in [2.45, 2.75) is 312 Å². The summed E-state index contributed by atoms with van der Waals surface area (Å²) in [7, 11) is 0. The van der Waals surface area contributed by atoms with Gasteiger partial charge in [0.2, 0.25) is 82.7 Å². The van der Waals surface area contributed by atoms with E-state index in [0.717, 1.165) is 90.4 Å². The van der Waals surface area contributed by atoms with E-state index in [2.05, 4.69) is 65.4 Å². The summed E-state index contributed by atoms with van der Waals surface area (Å²) < 4.78 is 6.03. The minimum Gasteiger partial charge on any atom is -0.508 e. The number of halogens is 1. The molecule has 117 heavy (non-hydrogen) atoms. The molecule has 40 nitrogen and oxygen atoms in total. The fourth-order valence-electron chi connectivity index (χ4n) is 13.6. The average molecular weight is 1680 g/mol. The number of nitrogens with two attached hydrogens (primary N) is 3. The van der Waals surface area contributed by atoms with Gasteiger partial charge in [-0.25, -0.2) is 4.79 Å². The maximum absolute atomic E-state index is 14.8. The van der Waals surface area contributed by atoms with Crippen molar-refractivity contribution in [1.82, 2.24) is 68.3 Å². The SMILES string of the molecule is CCCCCCCCCCCCC[C@@H]1CC(=O)N[C@H]([C@@H](C)O)C(=O)N[C@H](C)C(=O)N[C@@H](Cc2ccc(O)cc2)C(=O)N[C@@H](C(C)C)C(=O)N2C[C@H](O)C[C@H]2C(=O)N[C@H]([C@@H](C)O)C(=O)N[C@@H]([C@@H](C)O)C(=O)N2CC[C@H](O)[C@H]2C(=O)N[C@@H]([C@H](O)CC(N)=O)C(=O)NCC(=O)N[C@H]([C@@H](C)O)C(=O)N[C@@H](CCCNC(=O)[C@@H](N)CCCN)C(=O)O1.Cl. The number of fused-ring (bicyclic) bond motifs is 2. The van der Waals surface area contributed by atoms with Gasteiger partial charge in [0.1, 0.15) is 78.3 Å². The number of phenolic OH excluding ortho intramolecular Hbond substituents is 1. The molecular weight excluding hydrogens is 1560 g/mol. The molecule has 0 radical (unpaired) electrons. The fraction of sp³-hybridized carbons (Fsp3) is 0.724. The maximum atomic E-state index is 14.8. The molecule has 3 saturated heterocycles. The Morgan fingerprint density at radius 2 is 1.09 bits per heavy atom. The molecule has 3 heterocycles. The third kappa shape index (κ3) is 33.7. The highest BCUT2D eigenvalue weighted by atomic mass is 35.5. The lowest BCUT2D eigenvalue weighted by molar-refractivity contribution is -0.155. The number of aromatic hydroxyl groups is 1. The number of aliphatic hydroxyl groups excluding tert-OH is 7. The zero-order chi connectivity index (χ0) is 86.8. The van der Waals surface area contributed by atoms with Crippen LogP contribution in [-0.2, 0) is 83.1 Å². The average Bonchev–Trinajstić information content (AvgIpc) is 1.68. The molecule has 3 fully saturated rings. The first kappa shape index (κ1) is 102. The highest BCUT2D eigenvalue weighted by Crippen LogP contribution is 2.25. The molecule has 25 N–H and O–H groups in total. The van der Waals surface area contributed by atoms with Crippen molar-refractivity contribution in [3.8, 4) is 5.75 Å². The Balaban J connectivity index is 0.0000354. The Kier molecular flexibility index (Phi) is 44.9. The molecule has 41 heteroatoms. The molecule has 1 aromatic rings. The minimum atomic E-state index is -2.25. The molecule has 0 aliphatic carbocycles. The van der Waals surface area contributed by atoms with E-state index in [9.17, 15) is 113 Å². The van der Waals surface area contributed by atoms with E-state index in [1.165, 1.54) is 45.0 Å². The number of carbonyl (C=O) groups excluding carboxylic acids is 15. The van der Waals surface area contributed by atoms with E-state index in [1.54, 1.807) is 0 Å². The Labute approximate surface area is 687 Å². The number of unbranched alkanes of at least 4 members (excludes halogenated alkanes) is 10. The molecule has 14 amide bonds. The van der Waals surface area contributed by atoms with Crippen molar-refractivity contribution in [3.63, 3.8) is 0 Å². The van der Waals surface area contributed by atoms with Gasteiger partial charge >= 0.3 is 5.97 Å². The maximum Gasteiger partial charge on any atom is 0.328 e. The van der Waals surface area contributed by atoms with E-state index in [1.807, 2.05) is 0 Å². The zero-order valence-corrected chi connectivity index (χ0v) is 68.8. The second-order valence-electron chi connectivity index (χ2n) is 30.7. The van der Waals surface area contributed by atoms with Gasteiger partial charge in [0.15, 0.2) is 0 Å². The second-order valence-corrected chi connectivity index (χ2v) is 30.7. The van der Waals surface area contributed by atoms with Crippen molar-refractivity contribution in [3.05, 3.63) is 29.8 Å². The quantitative estimate of drug-likeness (QED) is 0.0252. The van der Waals surface area contributed by atoms with E-state index in [4.69, 9.17) is 21.9 Å². The molecule has 0 unspecified atom stereocenters. The lowest BCUT2D eigenvalue weighted by atomic mass is 9.99. The first-order valence-corrected chi connectivity index (χ1v) is 40.1. The van der Waals surface area contributed by atoms with Crippen LogP contribution in [0.15, 0.2) is 24.3 Å². The first-order valence-electron chi connectivity index (χ1n) is 40.1. The second kappa shape index (κ2) is 51.4. The van der Waals surface area contributed by atoms with Gasteiger partial charge in [0.05, 0.1) is 68.2 Å². The standard InChI is InChI=1S/C76H126N16O24.ClH/c1-9-10-11-12-13-14-15-16-17-18-19-22-48-35-56(102)85-59(41(5)93)70(109)82-40(4)65(104)84-51(33-45-25-27-46(97)28-26-45)67(106)87-58(39(2)3)74(113)92-38-47(98)34-52(92)68(107)88-61(43(7)95)72(111)89-62(44(8)96)75(114)91-32-29-53(99)64(91)73(112)90-63(54(100)36-55(79)101)69(108)81-37-57(103)86-60(42(6)94)71(110)83-50(76(115)116-48)24-21-31-80-66(105)49(78)23-20-30-77;/h25-28,39-44,47-54,58-64,93-100H,9-24,29-38,77-78H2,1-8H3,(H2,79,101)(H,80,105)(H,81,108)(H,82,109)(H,83,110)(H,84,104)(H,85,102)(H,86,103)(H,87,106)(H,88,107)(H,89,111)(H,90,112);1H/t40-,41-,42-,43-,44-,47-,48-,49+,50+,51+,52+,53+,54-,58+,59-,60-,61-,62+,63+,64+;/m1./s1. The number of hydrogen-bond donors (Lipinski definition) is 22. The van der Waals surface area contributed by atoms with Gasteiger partial charge in [-0.3, -0.25) is 67.1 Å². The Morgan fingerprint density at radius 3 is 1.65 bits per heavy atom. The van der Waals surface area contributed by atoms with Crippen LogP contribution in [0.25, 0.3) is 0 Å². The predicted molar refractivity (Wildman–Crippen MR) is 423 cm³/mol. The van der Waals surface area contributed by atoms with Gasteiger partial charge in [-0.2, -0.15) is 0 Å². The van der Waals surface area contributed by atoms with E-state index in [0.29, 0.717) is 29.7 Å². The smallest absolute Gasteiger partial charge is 0.328 e. The van der Waals surface area contributed by atoms with Crippen LogP contribution in [0.3, 0.4) is 0 Å². The van der Waals surface area contributed by atoms with Gasteiger partial charge in [-0.1, -0.05) is 97.1 Å². The van der Waals surface area contributed by atoms with Crippen molar-refractivity contribution in [2.75, 3.05) is 32.7 Å². The van der Waals surface area contributed by atoms with Crippen molar-refractivity contribution >= 4 is 101 Å². The van der Waals surface area contributed by atoms with Gasteiger partial charge < -0.3 is 131 Å². The van der Waals surface area contributed by atoms with Crippen LogP contribution in [0.5, 0.6) is 5.75 Å². The highest BCUT2D eigenvalue weighted by Gasteiger charge is 2.49. The minimum absolute atomic E-state index is 0. The summed E-state index contributed by atoms with van der Waals surface area (Å²) >= 11 is 0. The number of benzene rings is 1. The number of esters is 1. The topological polar surface area (TPSA) is 644 Å². The van der Waals surface area contributed by atoms with Gasteiger partial charge in [0.25, 0.3) is 0 Å². The third-order valence-corrected chi connectivity index (χ3v) is 20.3. The first-order chi connectivity index (χ1) is 54.7. The van der Waals surface area contributed by atoms with Crippen LogP contribution in [-0.4, -0.2) is 293 Å². The van der Waals surface area contributed by atoms with Crippen molar-refractivity contribution in [1.29, 1.82) is 0 Å². The summed E-state index contributed by atoms with van der Waals surface area (Å²) in [6.07, 6.45) is -6.36. The number of rotatable bonds is 30. The molecule has 3 aliphatic heterocycles. The van der Waals surface area contributed by atoms with E-state index >= 15 is 0 Å². The number of hydrogen-bond acceptors (Lipinski definition) is 26. The zero-order valence-electron chi connectivity index (χ0n) is 68.0. The summed E-state index contributed by atoms with van der Waals surface area (Å²) in [6, 6.07) is -15.7. The summed E-state index contributed by atoms with van der Waals surface area (Å²) in [5.74, 6) is -18.1. The third-order valence-electron chi connectivity index (χ3n) is 20.3. The van der Waals surface area contributed by atoms with Crippen LogP contribution in [0, 0.1) is 5.92 Å². The number of amides is 14. The summed E-state index contributed by atoms with van der Waals surface area (Å²) in [5, 5.41) is 114. The van der Waals surface area contributed by atoms with Crippen molar-refractivity contribution in [2.24, 2.45) is 23.1 Å². The lowest BCUT2D eigenvalue weighted by Gasteiger charge is -2.34. The monoisotopic (exact) mass is 1680 g/mol. The molecule has 662 valence electrons. The van der Waals surface area contributed by atoms with Gasteiger partial charge in [-0.15, -0.1) is 12.4 Å². The molecule has 3 aliphatic rings. The molecule has 20 atom stereocenters. The van der Waals surface area contributed by atoms with Crippen LogP contribution < -0.4 is 75.7 Å².